The van der Waals surface area contributed by atoms with Crippen molar-refractivity contribution < 1.29 is 4.79 Å². The summed E-state index contributed by atoms with van der Waals surface area (Å²) in [5, 5.41) is 3.55. The fourth-order valence-corrected chi connectivity index (χ4v) is 3.93. The summed E-state index contributed by atoms with van der Waals surface area (Å²) in [7, 11) is 0. The molecule has 0 aliphatic carbocycles. The number of pyridine rings is 2. The van der Waals surface area contributed by atoms with Crippen molar-refractivity contribution in [2.75, 3.05) is 5.32 Å². The topological polar surface area (TPSA) is 64.0 Å². The molecule has 6 heteroatoms. The van der Waals surface area contributed by atoms with Gasteiger partial charge in [0, 0.05) is 34.4 Å². The number of anilines is 1. The maximum atomic E-state index is 13.5. The lowest BCUT2D eigenvalue weighted by atomic mass is 10.0. The zero-order valence-electron chi connectivity index (χ0n) is 18.0. The van der Waals surface area contributed by atoms with Crippen LogP contribution >= 0.6 is 11.6 Å². The summed E-state index contributed by atoms with van der Waals surface area (Å²) in [4.78, 5) is 31.1. The summed E-state index contributed by atoms with van der Waals surface area (Å²) < 4.78 is 1.86. The van der Waals surface area contributed by atoms with Gasteiger partial charge in [0.25, 0.3) is 5.91 Å². The summed E-state index contributed by atoms with van der Waals surface area (Å²) in [6.07, 6.45) is 1.64. The molecule has 0 saturated heterocycles. The number of halogens is 1. The van der Waals surface area contributed by atoms with E-state index in [4.69, 9.17) is 11.6 Å². The number of rotatable bonds is 4. The molecule has 4 rings (SSSR count). The molecule has 1 amide bonds. The second-order valence-electron chi connectivity index (χ2n) is 7.62. The molecule has 2 heterocycles. The van der Waals surface area contributed by atoms with Gasteiger partial charge in [-0.3, -0.25) is 14.6 Å². The van der Waals surface area contributed by atoms with Crippen molar-refractivity contribution in [3.8, 4) is 17.1 Å². The molecule has 5 nitrogen and oxygen atoms in total. The highest BCUT2D eigenvalue weighted by atomic mass is 35.5. The number of hydrogen-bond acceptors (Lipinski definition) is 3. The molecule has 0 unspecified atom stereocenters. The van der Waals surface area contributed by atoms with Crippen LogP contribution in [0.2, 0.25) is 5.02 Å². The van der Waals surface area contributed by atoms with Crippen LogP contribution in [0.3, 0.4) is 0 Å². The smallest absolute Gasteiger partial charge is 0.261 e. The number of para-hydroxylation sites is 1. The van der Waals surface area contributed by atoms with Gasteiger partial charge in [-0.2, -0.15) is 0 Å². The Morgan fingerprint density at radius 1 is 0.938 bits per heavy atom. The van der Waals surface area contributed by atoms with Crippen LogP contribution in [-0.4, -0.2) is 15.5 Å². The van der Waals surface area contributed by atoms with Crippen LogP contribution in [0.15, 0.2) is 77.7 Å². The quantitative estimate of drug-likeness (QED) is 0.438. The summed E-state index contributed by atoms with van der Waals surface area (Å²) in [5.41, 5.74) is 4.61. The first kappa shape index (κ1) is 21.5. The first-order valence-corrected chi connectivity index (χ1v) is 10.6. The normalized spacial score (nSPS) is 10.8. The molecule has 0 spiro atoms. The lowest BCUT2D eigenvalue weighted by Gasteiger charge is -2.20. The third-order valence-electron chi connectivity index (χ3n) is 5.34. The van der Waals surface area contributed by atoms with Gasteiger partial charge in [0.05, 0.1) is 11.4 Å². The molecular formula is C26H22ClN3O2. The minimum atomic E-state index is -0.476. The number of carbonyl (C=O) groups excluding carboxylic acids is 1. The molecule has 0 aliphatic rings. The van der Waals surface area contributed by atoms with Crippen molar-refractivity contribution in [2.24, 2.45) is 0 Å². The van der Waals surface area contributed by atoms with E-state index in [9.17, 15) is 9.59 Å². The first-order chi connectivity index (χ1) is 15.4. The van der Waals surface area contributed by atoms with Gasteiger partial charge >= 0.3 is 0 Å². The summed E-state index contributed by atoms with van der Waals surface area (Å²) in [5.74, 6) is -0.476. The third kappa shape index (κ3) is 4.07. The number of hydrogen-bond donors (Lipinski definition) is 1. The van der Waals surface area contributed by atoms with Crippen molar-refractivity contribution in [1.82, 2.24) is 9.55 Å². The largest absolute Gasteiger partial charge is 0.321 e. The van der Waals surface area contributed by atoms with Crippen molar-refractivity contribution in [3.05, 3.63) is 111 Å². The Bertz CT molecular complexity index is 1340. The Balaban J connectivity index is 1.98. The molecule has 0 fully saturated rings. The van der Waals surface area contributed by atoms with Crippen LogP contribution in [0.1, 0.15) is 27.2 Å². The van der Waals surface area contributed by atoms with Crippen LogP contribution in [-0.2, 0) is 0 Å². The molecule has 2 aromatic carbocycles. The lowest BCUT2D eigenvalue weighted by molar-refractivity contribution is 0.102. The minimum absolute atomic E-state index is 0.0342. The zero-order chi connectivity index (χ0) is 22.8. The number of aromatic nitrogens is 2. The standard InChI is InChI=1S/C26H22ClN3O2/c1-16-7-6-8-17(2)24(16)29-26(32)23-22(31)15-18(3)30(20-12-10-19(27)11-13-20)25(23)21-9-4-5-14-28-21/h4-15H,1-3H3,(H,29,32). The Kier molecular flexibility index (Phi) is 5.93. The van der Waals surface area contributed by atoms with E-state index in [1.165, 1.54) is 6.07 Å². The van der Waals surface area contributed by atoms with Crippen LogP contribution in [0, 0.1) is 20.8 Å². The average Bonchev–Trinajstić information content (AvgIpc) is 2.77. The maximum absolute atomic E-state index is 13.5. The number of carbonyl (C=O) groups is 1. The minimum Gasteiger partial charge on any atom is -0.321 e. The van der Waals surface area contributed by atoms with E-state index in [0.717, 1.165) is 16.8 Å². The molecule has 0 atom stereocenters. The Morgan fingerprint density at radius 2 is 1.62 bits per heavy atom. The third-order valence-corrected chi connectivity index (χ3v) is 5.59. The molecule has 0 bridgehead atoms. The molecule has 0 saturated carbocycles. The van der Waals surface area contributed by atoms with E-state index in [2.05, 4.69) is 10.3 Å². The maximum Gasteiger partial charge on any atom is 0.261 e. The van der Waals surface area contributed by atoms with Crippen LogP contribution in [0.25, 0.3) is 17.1 Å². The van der Waals surface area contributed by atoms with Crippen molar-refractivity contribution in [2.45, 2.75) is 20.8 Å². The van der Waals surface area contributed by atoms with E-state index in [0.29, 0.717) is 27.8 Å². The predicted octanol–water partition coefficient (Wildman–Crippen LogP) is 5.73. The Morgan fingerprint density at radius 3 is 2.25 bits per heavy atom. The number of nitrogens with zero attached hydrogens (tertiary/aromatic N) is 2. The molecule has 4 aromatic rings. The molecule has 1 N–H and O–H groups in total. The van der Waals surface area contributed by atoms with Crippen molar-refractivity contribution in [1.29, 1.82) is 0 Å². The summed E-state index contributed by atoms with van der Waals surface area (Å²) >= 11 is 6.09. The van der Waals surface area contributed by atoms with E-state index in [-0.39, 0.29) is 11.0 Å². The molecule has 2 aromatic heterocycles. The van der Waals surface area contributed by atoms with Gasteiger partial charge in [-0.25, -0.2) is 0 Å². The van der Waals surface area contributed by atoms with Crippen LogP contribution in [0.4, 0.5) is 5.69 Å². The van der Waals surface area contributed by atoms with Crippen LogP contribution in [0.5, 0.6) is 0 Å². The molecule has 0 radical (unpaired) electrons. The van der Waals surface area contributed by atoms with E-state index in [1.54, 1.807) is 30.5 Å². The van der Waals surface area contributed by atoms with Gasteiger partial charge in [-0.15, -0.1) is 0 Å². The molecule has 0 aliphatic heterocycles. The Labute approximate surface area is 191 Å². The SMILES string of the molecule is Cc1cccc(C)c1NC(=O)c1c(-c2ccccn2)n(-c2ccc(Cl)cc2)c(C)cc1=O. The lowest BCUT2D eigenvalue weighted by Crippen LogP contribution is -2.27. The zero-order valence-corrected chi connectivity index (χ0v) is 18.8. The van der Waals surface area contributed by atoms with Gasteiger partial charge < -0.3 is 9.88 Å². The van der Waals surface area contributed by atoms with Gasteiger partial charge in [-0.1, -0.05) is 35.9 Å². The van der Waals surface area contributed by atoms with Gasteiger partial charge in [0.1, 0.15) is 5.56 Å². The fraction of sp³-hybridized carbons (Fsp3) is 0.115. The number of nitrogens with one attached hydrogen (secondary N) is 1. The Hall–Kier alpha value is -3.70. The molecule has 32 heavy (non-hydrogen) atoms. The molecular weight excluding hydrogens is 422 g/mol. The monoisotopic (exact) mass is 443 g/mol. The molecule has 160 valence electrons. The highest BCUT2D eigenvalue weighted by Crippen LogP contribution is 2.28. The summed E-state index contributed by atoms with van der Waals surface area (Å²) in [6, 6.07) is 19.9. The van der Waals surface area contributed by atoms with E-state index < -0.39 is 5.91 Å². The van der Waals surface area contributed by atoms with Crippen LogP contribution < -0.4 is 10.7 Å². The number of aryl methyl sites for hydroxylation is 3. The van der Waals surface area contributed by atoms with Crippen molar-refractivity contribution in [3.63, 3.8) is 0 Å². The predicted molar refractivity (Wildman–Crippen MR) is 129 cm³/mol. The fourth-order valence-electron chi connectivity index (χ4n) is 3.81. The summed E-state index contributed by atoms with van der Waals surface area (Å²) in [6.45, 7) is 5.67. The van der Waals surface area contributed by atoms with Gasteiger partial charge in [0.2, 0.25) is 0 Å². The van der Waals surface area contributed by atoms with E-state index in [1.807, 2.05) is 61.7 Å². The van der Waals surface area contributed by atoms with Gasteiger partial charge in [0.15, 0.2) is 5.43 Å². The van der Waals surface area contributed by atoms with E-state index >= 15 is 0 Å². The highest BCUT2D eigenvalue weighted by Gasteiger charge is 2.24. The second kappa shape index (κ2) is 8.81. The number of benzene rings is 2. The van der Waals surface area contributed by atoms with Crippen molar-refractivity contribution >= 4 is 23.2 Å². The second-order valence-corrected chi connectivity index (χ2v) is 8.06. The number of amides is 1. The van der Waals surface area contributed by atoms with Gasteiger partial charge in [-0.05, 0) is 68.3 Å². The average molecular weight is 444 g/mol. The highest BCUT2D eigenvalue weighted by molar-refractivity contribution is 6.30. The first-order valence-electron chi connectivity index (χ1n) is 10.2.